The summed E-state index contributed by atoms with van der Waals surface area (Å²) in [6, 6.07) is 8.41. The number of carbonyl (C=O) groups is 2. The number of benzene rings is 1. The van der Waals surface area contributed by atoms with E-state index in [2.05, 4.69) is 20.2 Å². The molecule has 1 aliphatic rings. The second-order valence-corrected chi connectivity index (χ2v) is 6.41. The van der Waals surface area contributed by atoms with Gasteiger partial charge in [0, 0.05) is 37.8 Å². The van der Waals surface area contributed by atoms with Crippen molar-refractivity contribution in [1.29, 1.82) is 0 Å². The number of anilines is 1. The maximum Gasteiger partial charge on any atom is 0.326 e. The molecule has 7 nitrogen and oxygen atoms in total. The summed E-state index contributed by atoms with van der Waals surface area (Å²) in [7, 11) is 0. The van der Waals surface area contributed by atoms with Crippen molar-refractivity contribution < 1.29 is 14.7 Å². The van der Waals surface area contributed by atoms with Crippen LogP contribution in [-0.2, 0) is 16.0 Å². The van der Waals surface area contributed by atoms with E-state index in [1.54, 1.807) is 18.6 Å². The number of hydrogen-bond donors (Lipinski definition) is 2. The van der Waals surface area contributed by atoms with Crippen LogP contribution in [0.1, 0.15) is 18.4 Å². The predicted octanol–water partition coefficient (Wildman–Crippen LogP) is 1.51. The molecule has 0 aliphatic carbocycles. The van der Waals surface area contributed by atoms with Gasteiger partial charge in [0.2, 0.25) is 5.91 Å². The van der Waals surface area contributed by atoms with Crippen molar-refractivity contribution in [1.82, 2.24) is 15.3 Å². The lowest BCUT2D eigenvalue weighted by Crippen LogP contribution is -2.47. The summed E-state index contributed by atoms with van der Waals surface area (Å²) < 4.78 is 0. The molecule has 7 heteroatoms. The van der Waals surface area contributed by atoms with Crippen LogP contribution < -0.4 is 10.2 Å². The third kappa shape index (κ3) is 4.56. The molecule has 2 N–H and O–H groups in total. The molecule has 0 saturated carbocycles. The van der Waals surface area contributed by atoms with Crippen LogP contribution in [0, 0.1) is 5.92 Å². The normalized spacial score (nSPS) is 16.1. The molecule has 0 bridgehead atoms. The van der Waals surface area contributed by atoms with Crippen molar-refractivity contribution >= 4 is 17.7 Å². The van der Waals surface area contributed by atoms with Gasteiger partial charge in [0.15, 0.2) is 0 Å². The Labute approximate surface area is 152 Å². The first-order chi connectivity index (χ1) is 12.6. The third-order valence-corrected chi connectivity index (χ3v) is 4.64. The quantitative estimate of drug-likeness (QED) is 0.816. The Hall–Kier alpha value is -2.96. The number of nitrogens with zero attached hydrogens (tertiary/aromatic N) is 3. The van der Waals surface area contributed by atoms with Crippen molar-refractivity contribution in [3.05, 3.63) is 54.5 Å². The number of aliphatic carboxylic acids is 1. The number of carbonyl (C=O) groups excluding carboxylic acids is 1. The minimum absolute atomic E-state index is 0.180. The predicted molar refractivity (Wildman–Crippen MR) is 96.7 cm³/mol. The Morgan fingerprint density at radius 1 is 1.19 bits per heavy atom. The van der Waals surface area contributed by atoms with Crippen LogP contribution in [-0.4, -0.2) is 46.1 Å². The average Bonchev–Trinajstić information content (AvgIpc) is 2.69. The highest BCUT2D eigenvalue weighted by Gasteiger charge is 2.29. The van der Waals surface area contributed by atoms with Gasteiger partial charge in [-0.05, 0) is 18.4 Å². The zero-order valence-corrected chi connectivity index (χ0v) is 14.4. The number of hydrogen-bond acceptors (Lipinski definition) is 5. The summed E-state index contributed by atoms with van der Waals surface area (Å²) in [5.41, 5.74) is 0.887. The molecule has 1 aromatic carbocycles. The van der Waals surface area contributed by atoms with E-state index >= 15 is 0 Å². The number of rotatable bonds is 6. The molecule has 26 heavy (non-hydrogen) atoms. The summed E-state index contributed by atoms with van der Waals surface area (Å²) in [4.78, 5) is 34.5. The molecule has 1 saturated heterocycles. The number of aromatic nitrogens is 2. The number of carboxylic acids is 1. The Morgan fingerprint density at radius 3 is 2.54 bits per heavy atom. The maximum absolute atomic E-state index is 12.5. The Kier molecular flexibility index (Phi) is 5.78. The molecular weight excluding hydrogens is 332 g/mol. The van der Waals surface area contributed by atoms with Crippen LogP contribution in [0.5, 0.6) is 0 Å². The van der Waals surface area contributed by atoms with Crippen LogP contribution >= 0.6 is 0 Å². The van der Waals surface area contributed by atoms with Crippen LogP contribution in [0.4, 0.5) is 5.82 Å². The summed E-state index contributed by atoms with van der Waals surface area (Å²) >= 11 is 0. The number of piperidine rings is 1. The van der Waals surface area contributed by atoms with Crippen LogP contribution in [0.2, 0.25) is 0 Å². The molecule has 0 spiro atoms. The first-order valence-electron chi connectivity index (χ1n) is 8.71. The molecular formula is C19H22N4O3. The lowest BCUT2D eigenvalue weighted by Gasteiger charge is -2.32. The van der Waals surface area contributed by atoms with Crippen LogP contribution in [0.15, 0.2) is 48.9 Å². The molecule has 1 fully saturated rings. The molecule has 0 radical (unpaired) electrons. The molecule has 1 atom stereocenters. The summed E-state index contributed by atoms with van der Waals surface area (Å²) in [5, 5.41) is 12.1. The Balaban J connectivity index is 1.54. The zero-order valence-electron chi connectivity index (χ0n) is 14.4. The highest BCUT2D eigenvalue weighted by molar-refractivity contribution is 5.85. The second-order valence-electron chi connectivity index (χ2n) is 6.41. The van der Waals surface area contributed by atoms with E-state index in [-0.39, 0.29) is 18.2 Å². The molecule has 3 rings (SSSR count). The van der Waals surface area contributed by atoms with Gasteiger partial charge in [0.25, 0.3) is 0 Å². The van der Waals surface area contributed by atoms with E-state index in [1.165, 1.54) is 0 Å². The van der Waals surface area contributed by atoms with Crippen molar-refractivity contribution in [2.75, 3.05) is 18.0 Å². The minimum Gasteiger partial charge on any atom is -0.480 e. The first kappa shape index (κ1) is 17.8. The smallest absolute Gasteiger partial charge is 0.326 e. The van der Waals surface area contributed by atoms with Crippen molar-refractivity contribution in [2.24, 2.45) is 5.92 Å². The van der Waals surface area contributed by atoms with Gasteiger partial charge in [-0.1, -0.05) is 30.3 Å². The number of carboxylic acid groups (broad SMARTS) is 1. The second kappa shape index (κ2) is 8.42. The van der Waals surface area contributed by atoms with Gasteiger partial charge in [0.05, 0.1) is 6.20 Å². The number of nitrogens with one attached hydrogen (secondary N) is 1. The lowest BCUT2D eigenvalue weighted by atomic mass is 9.95. The zero-order chi connectivity index (χ0) is 18.4. The van der Waals surface area contributed by atoms with E-state index in [0.29, 0.717) is 25.9 Å². The highest BCUT2D eigenvalue weighted by Crippen LogP contribution is 2.21. The molecule has 1 aliphatic heterocycles. The van der Waals surface area contributed by atoms with E-state index in [1.807, 2.05) is 30.3 Å². The van der Waals surface area contributed by atoms with Gasteiger partial charge in [-0.15, -0.1) is 0 Å². The summed E-state index contributed by atoms with van der Waals surface area (Å²) in [5.74, 6) is -0.578. The van der Waals surface area contributed by atoms with Gasteiger partial charge >= 0.3 is 5.97 Å². The maximum atomic E-state index is 12.5. The topological polar surface area (TPSA) is 95.4 Å². The van der Waals surface area contributed by atoms with Gasteiger partial charge in [-0.2, -0.15) is 0 Å². The molecule has 2 aromatic rings. The fraction of sp³-hybridized carbons (Fsp3) is 0.368. The van der Waals surface area contributed by atoms with Crippen molar-refractivity contribution in [3.8, 4) is 0 Å². The van der Waals surface area contributed by atoms with Gasteiger partial charge in [-0.3, -0.25) is 9.78 Å². The Bertz CT molecular complexity index is 731. The van der Waals surface area contributed by atoms with E-state index in [0.717, 1.165) is 11.4 Å². The fourth-order valence-corrected chi connectivity index (χ4v) is 3.16. The number of amides is 1. The SMILES string of the molecule is O=C(N[C@H](Cc1ccccc1)C(=O)O)C1CCN(c2cnccn2)CC1. The summed E-state index contributed by atoms with van der Waals surface area (Å²) in [6.07, 6.45) is 6.60. The molecule has 136 valence electrons. The lowest BCUT2D eigenvalue weighted by molar-refractivity contribution is -0.142. The third-order valence-electron chi connectivity index (χ3n) is 4.64. The molecule has 0 unspecified atom stereocenters. The monoisotopic (exact) mass is 354 g/mol. The van der Waals surface area contributed by atoms with Crippen molar-refractivity contribution in [3.63, 3.8) is 0 Å². The van der Waals surface area contributed by atoms with Gasteiger partial charge in [-0.25, -0.2) is 9.78 Å². The Morgan fingerprint density at radius 2 is 1.92 bits per heavy atom. The molecule has 1 amide bonds. The van der Waals surface area contributed by atoms with Crippen LogP contribution in [0.3, 0.4) is 0 Å². The van der Waals surface area contributed by atoms with E-state index in [4.69, 9.17) is 0 Å². The largest absolute Gasteiger partial charge is 0.480 e. The molecule has 1 aromatic heterocycles. The fourth-order valence-electron chi connectivity index (χ4n) is 3.16. The summed E-state index contributed by atoms with van der Waals surface area (Å²) in [6.45, 7) is 1.40. The molecule has 2 heterocycles. The van der Waals surface area contributed by atoms with Gasteiger partial charge in [0.1, 0.15) is 11.9 Å². The average molecular weight is 354 g/mol. The van der Waals surface area contributed by atoms with E-state index in [9.17, 15) is 14.7 Å². The minimum atomic E-state index is -1.01. The highest BCUT2D eigenvalue weighted by atomic mass is 16.4. The van der Waals surface area contributed by atoms with Gasteiger partial charge < -0.3 is 15.3 Å². The first-order valence-corrected chi connectivity index (χ1v) is 8.71. The van der Waals surface area contributed by atoms with Crippen LogP contribution in [0.25, 0.3) is 0 Å². The van der Waals surface area contributed by atoms with Crippen molar-refractivity contribution in [2.45, 2.75) is 25.3 Å². The standard InChI is InChI=1S/C19H22N4O3/c24-18(22-16(19(25)26)12-14-4-2-1-3-5-14)15-6-10-23(11-7-15)17-13-20-8-9-21-17/h1-5,8-9,13,15-16H,6-7,10-12H2,(H,22,24)(H,25,26)/t16-/m1/s1. The van der Waals surface area contributed by atoms with E-state index < -0.39 is 12.0 Å².